The van der Waals surface area contributed by atoms with E-state index >= 15 is 0 Å². The number of rotatable bonds is 1. The van der Waals surface area contributed by atoms with Crippen LogP contribution in [0.15, 0.2) is 0 Å². The number of hydrogen-bond acceptors (Lipinski definition) is 2. The molecule has 1 amide bonds. The second kappa shape index (κ2) is 10.4. The lowest BCUT2D eigenvalue weighted by Crippen LogP contribution is -2.43. The van der Waals surface area contributed by atoms with Crippen LogP contribution in [0, 0.1) is 0 Å². The molecule has 0 aromatic rings. The van der Waals surface area contributed by atoms with Crippen molar-refractivity contribution in [2.75, 3.05) is 7.11 Å². The van der Waals surface area contributed by atoms with E-state index in [0.717, 1.165) is 26.4 Å². The average Bonchev–Trinajstić information content (AvgIpc) is 2.34. The number of carbonyl (C=O) groups is 1. The molecule has 0 spiro atoms. The van der Waals surface area contributed by atoms with Crippen LogP contribution in [0.2, 0.25) is 0 Å². The Morgan fingerprint density at radius 2 is 1.53 bits per heavy atom. The van der Waals surface area contributed by atoms with Crippen LogP contribution in [-0.4, -0.2) is 30.3 Å². The number of halogens is 3. The third-order valence-electron chi connectivity index (χ3n) is 2.20. The summed E-state index contributed by atoms with van der Waals surface area (Å²) >= 11 is 0. The van der Waals surface area contributed by atoms with Gasteiger partial charge in [-0.25, -0.2) is 0 Å². The molecule has 1 aliphatic carbocycles. The smallest absolute Gasteiger partial charge is 0.400 e. The van der Waals surface area contributed by atoms with Crippen molar-refractivity contribution >= 4 is 5.91 Å². The first-order valence-electron chi connectivity index (χ1n) is 5.82. The Bertz CT molecular complexity index is 190. The number of carbonyl (C=O) groups excluding carboxylic acids is 1. The molecule has 0 aliphatic heterocycles. The van der Waals surface area contributed by atoms with E-state index in [-0.39, 0.29) is 6.04 Å². The molecule has 0 unspecified atom stereocenters. The van der Waals surface area contributed by atoms with Crippen molar-refractivity contribution in [2.24, 2.45) is 0 Å². The van der Waals surface area contributed by atoms with Gasteiger partial charge in [-0.1, -0.05) is 33.1 Å². The highest BCUT2D eigenvalue weighted by Crippen LogP contribution is 2.20. The molecule has 0 aromatic carbocycles. The number of alkyl halides is 3. The van der Waals surface area contributed by atoms with E-state index < -0.39 is 12.1 Å². The van der Waals surface area contributed by atoms with Crippen LogP contribution < -0.4 is 5.32 Å². The molecular formula is C11H22F3NO2. The second-order valence-electron chi connectivity index (χ2n) is 3.31. The van der Waals surface area contributed by atoms with Crippen molar-refractivity contribution < 1.29 is 23.1 Å². The Labute approximate surface area is 100 Å². The number of amides is 1. The van der Waals surface area contributed by atoms with Crippen molar-refractivity contribution in [3.63, 3.8) is 0 Å². The summed E-state index contributed by atoms with van der Waals surface area (Å²) in [4.78, 5) is 10.5. The molecule has 1 saturated carbocycles. The van der Waals surface area contributed by atoms with Crippen LogP contribution in [0.1, 0.15) is 46.0 Å². The molecule has 3 nitrogen and oxygen atoms in total. The quantitative estimate of drug-likeness (QED) is 0.758. The molecule has 0 aromatic heterocycles. The lowest BCUT2D eigenvalue weighted by Gasteiger charge is -2.23. The van der Waals surface area contributed by atoms with Crippen molar-refractivity contribution in [3.8, 4) is 0 Å². The third-order valence-corrected chi connectivity index (χ3v) is 2.20. The van der Waals surface area contributed by atoms with Gasteiger partial charge >= 0.3 is 12.1 Å². The summed E-state index contributed by atoms with van der Waals surface area (Å²) in [6.07, 6.45) is -0.537. The average molecular weight is 257 g/mol. The molecule has 1 aliphatic rings. The third kappa shape index (κ3) is 8.97. The largest absolute Gasteiger partial charge is 0.471 e. The van der Waals surface area contributed by atoms with E-state index in [9.17, 15) is 18.0 Å². The van der Waals surface area contributed by atoms with Gasteiger partial charge in [-0.3, -0.25) is 4.79 Å². The summed E-state index contributed by atoms with van der Waals surface area (Å²) in [7, 11) is 1.00. The molecule has 0 radical (unpaired) electrons. The van der Waals surface area contributed by atoms with Gasteiger partial charge in [0.25, 0.3) is 0 Å². The Balaban J connectivity index is 0. The fourth-order valence-electron chi connectivity index (χ4n) is 1.51. The number of nitrogens with one attached hydrogen (secondary N) is 1. The van der Waals surface area contributed by atoms with Crippen molar-refractivity contribution in [1.29, 1.82) is 0 Å². The Morgan fingerprint density at radius 1 is 1.12 bits per heavy atom. The summed E-state index contributed by atoms with van der Waals surface area (Å²) in [6, 6.07) is -0.275. The standard InChI is InChI=1S/C8H12F3NO.C2H6.CH4O/c9-8(10,11)7(13)12-6-4-2-1-3-5-6;2*1-2/h6H,1-5H2,(H,12,13);1-2H3;2H,1H3. The minimum Gasteiger partial charge on any atom is -0.400 e. The zero-order valence-electron chi connectivity index (χ0n) is 10.6. The number of aliphatic hydroxyl groups is 1. The second-order valence-corrected chi connectivity index (χ2v) is 3.31. The maximum Gasteiger partial charge on any atom is 0.471 e. The van der Waals surface area contributed by atoms with Gasteiger partial charge in [0, 0.05) is 13.2 Å². The normalized spacial score (nSPS) is 15.9. The van der Waals surface area contributed by atoms with E-state index in [2.05, 4.69) is 0 Å². The summed E-state index contributed by atoms with van der Waals surface area (Å²) in [6.45, 7) is 4.00. The highest BCUT2D eigenvalue weighted by Gasteiger charge is 2.39. The zero-order valence-corrected chi connectivity index (χ0v) is 10.6. The number of hydrogen-bond donors (Lipinski definition) is 2. The number of aliphatic hydroxyl groups excluding tert-OH is 1. The van der Waals surface area contributed by atoms with Crippen molar-refractivity contribution in [2.45, 2.75) is 58.2 Å². The highest BCUT2D eigenvalue weighted by molar-refractivity contribution is 5.81. The first-order valence-corrected chi connectivity index (χ1v) is 5.82. The fraction of sp³-hybridized carbons (Fsp3) is 0.909. The van der Waals surface area contributed by atoms with Gasteiger partial charge in [-0.05, 0) is 12.8 Å². The fourth-order valence-corrected chi connectivity index (χ4v) is 1.51. The Hall–Kier alpha value is -0.780. The van der Waals surface area contributed by atoms with Gasteiger partial charge in [0.1, 0.15) is 0 Å². The molecular weight excluding hydrogens is 235 g/mol. The maximum absolute atomic E-state index is 11.8. The van der Waals surface area contributed by atoms with Crippen molar-refractivity contribution in [1.82, 2.24) is 5.32 Å². The van der Waals surface area contributed by atoms with Gasteiger partial charge in [-0.2, -0.15) is 13.2 Å². The molecule has 6 heteroatoms. The topological polar surface area (TPSA) is 49.3 Å². The van der Waals surface area contributed by atoms with E-state index in [1.165, 1.54) is 0 Å². The summed E-state index contributed by atoms with van der Waals surface area (Å²) in [5.41, 5.74) is 0. The van der Waals surface area contributed by atoms with Crippen LogP contribution in [0.5, 0.6) is 0 Å². The highest BCUT2D eigenvalue weighted by atomic mass is 19.4. The van der Waals surface area contributed by atoms with E-state index in [0.29, 0.717) is 12.8 Å². The zero-order chi connectivity index (χ0) is 13.9. The Kier molecular flexibility index (Phi) is 11.3. The van der Waals surface area contributed by atoms with Gasteiger partial charge < -0.3 is 10.4 Å². The molecule has 104 valence electrons. The summed E-state index contributed by atoms with van der Waals surface area (Å²) < 4.78 is 35.4. The van der Waals surface area contributed by atoms with E-state index in [4.69, 9.17) is 5.11 Å². The van der Waals surface area contributed by atoms with Crippen LogP contribution in [0.4, 0.5) is 13.2 Å². The van der Waals surface area contributed by atoms with Gasteiger partial charge in [0.2, 0.25) is 0 Å². The lowest BCUT2D eigenvalue weighted by molar-refractivity contribution is -0.174. The molecule has 1 fully saturated rings. The van der Waals surface area contributed by atoms with Crippen LogP contribution in [0.25, 0.3) is 0 Å². The summed E-state index contributed by atoms with van der Waals surface area (Å²) in [5.74, 6) is -1.81. The van der Waals surface area contributed by atoms with E-state index in [1.807, 2.05) is 19.2 Å². The molecule has 1 rings (SSSR count). The van der Waals surface area contributed by atoms with Crippen LogP contribution in [-0.2, 0) is 4.79 Å². The summed E-state index contributed by atoms with van der Waals surface area (Å²) in [5, 5.41) is 8.99. The van der Waals surface area contributed by atoms with Gasteiger partial charge in [-0.15, -0.1) is 0 Å². The van der Waals surface area contributed by atoms with Crippen LogP contribution >= 0.6 is 0 Å². The molecule has 0 heterocycles. The first kappa shape index (κ1) is 18.6. The predicted molar refractivity (Wildman–Crippen MR) is 60.6 cm³/mol. The molecule has 17 heavy (non-hydrogen) atoms. The molecule has 0 atom stereocenters. The lowest BCUT2D eigenvalue weighted by atomic mass is 9.95. The van der Waals surface area contributed by atoms with Crippen LogP contribution in [0.3, 0.4) is 0 Å². The molecule has 0 bridgehead atoms. The van der Waals surface area contributed by atoms with Gasteiger partial charge in [0.15, 0.2) is 0 Å². The predicted octanol–water partition coefficient (Wildman–Crippen LogP) is 2.63. The molecule has 0 saturated heterocycles. The minimum absolute atomic E-state index is 0.275. The maximum atomic E-state index is 11.8. The van der Waals surface area contributed by atoms with Gasteiger partial charge in [0.05, 0.1) is 0 Å². The first-order chi connectivity index (χ1) is 8.00. The SMILES string of the molecule is CC.CO.O=C(NC1CCCCC1)C(F)(F)F. The van der Waals surface area contributed by atoms with E-state index in [1.54, 1.807) is 0 Å². The minimum atomic E-state index is -4.74. The Morgan fingerprint density at radius 3 is 1.88 bits per heavy atom. The van der Waals surface area contributed by atoms with Crippen molar-refractivity contribution in [3.05, 3.63) is 0 Å². The molecule has 2 N–H and O–H groups in total. The monoisotopic (exact) mass is 257 g/mol.